The Hall–Kier alpha value is -3.15. The fraction of sp³-hybridized carbons (Fsp3) is 0.348. The predicted molar refractivity (Wildman–Crippen MR) is 110 cm³/mol. The Morgan fingerprint density at radius 3 is 2.55 bits per heavy atom. The summed E-state index contributed by atoms with van der Waals surface area (Å²) < 4.78 is 4.99. The number of piperidine rings is 1. The Balaban J connectivity index is 1.26. The molecule has 2 aromatic carbocycles. The van der Waals surface area contributed by atoms with E-state index in [4.69, 9.17) is 4.42 Å². The summed E-state index contributed by atoms with van der Waals surface area (Å²) in [5.41, 5.74) is 2.71. The van der Waals surface area contributed by atoms with E-state index in [1.807, 2.05) is 11.0 Å². The van der Waals surface area contributed by atoms with Gasteiger partial charge in [0.15, 0.2) is 11.4 Å². The second-order valence-corrected chi connectivity index (χ2v) is 7.66. The molecule has 1 aliphatic heterocycles. The minimum absolute atomic E-state index is 0.0331. The maximum absolute atomic E-state index is 12.5. The smallest absolute Gasteiger partial charge is 0.408 e. The van der Waals surface area contributed by atoms with E-state index >= 15 is 0 Å². The van der Waals surface area contributed by atoms with Gasteiger partial charge in [-0.2, -0.15) is 0 Å². The molecule has 0 radical (unpaired) electrons. The van der Waals surface area contributed by atoms with Crippen molar-refractivity contribution >= 4 is 22.8 Å². The highest BCUT2D eigenvalue weighted by atomic mass is 16.4. The number of Topliss-reactive ketones (excluding diaryl/α,β-unsaturated/α-hetero) is 1. The van der Waals surface area contributed by atoms with Gasteiger partial charge in [0, 0.05) is 31.5 Å². The molecule has 4 rings (SSSR count). The molecule has 1 aliphatic rings. The molecule has 1 N–H and O–H groups in total. The summed E-state index contributed by atoms with van der Waals surface area (Å²) >= 11 is 0. The lowest BCUT2D eigenvalue weighted by atomic mass is 9.90. The largest absolute Gasteiger partial charge is 0.417 e. The molecule has 2 heterocycles. The average molecular weight is 392 g/mol. The minimum Gasteiger partial charge on any atom is -0.408 e. The third kappa shape index (κ3) is 4.65. The molecule has 1 aromatic heterocycles. The van der Waals surface area contributed by atoms with Crippen LogP contribution in [0, 0.1) is 5.92 Å². The molecule has 0 bridgehead atoms. The number of H-pyrrole nitrogens is 1. The molecule has 3 aromatic rings. The zero-order valence-electron chi connectivity index (χ0n) is 16.2. The molecule has 29 heavy (non-hydrogen) atoms. The van der Waals surface area contributed by atoms with Gasteiger partial charge in [-0.25, -0.2) is 4.79 Å². The van der Waals surface area contributed by atoms with Crippen LogP contribution in [0.1, 0.15) is 41.6 Å². The van der Waals surface area contributed by atoms with Crippen LogP contribution in [-0.2, 0) is 11.2 Å². The van der Waals surface area contributed by atoms with Crippen molar-refractivity contribution in [2.24, 2.45) is 5.92 Å². The summed E-state index contributed by atoms with van der Waals surface area (Å²) in [6, 6.07) is 15.3. The van der Waals surface area contributed by atoms with Crippen molar-refractivity contribution in [2.45, 2.75) is 32.1 Å². The summed E-state index contributed by atoms with van der Waals surface area (Å²) in [7, 11) is 0. The quantitative estimate of drug-likeness (QED) is 0.650. The molecule has 150 valence electrons. The van der Waals surface area contributed by atoms with Crippen molar-refractivity contribution in [1.29, 1.82) is 0 Å². The number of benzene rings is 2. The number of amides is 1. The van der Waals surface area contributed by atoms with Gasteiger partial charge in [-0.3, -0.25) is 14.6 Å². The van der Waals surface area contributed by atoms with Gasteiger partial charge in [0.1, 0.15) is 0 Å². The molecule has 6 nitrogen and oxygen atoms in total. The van der Waals surface area contributed by atoms with Crippen LogP contribution >= 0.6 is 0 Å². The second kappa shape index (κ2) is 8.47. The van der Waals surface area contributed by atoms with Crippen LogP contribution in [0.15, 0.2) is 57.7 Å². The molecule has 0 aliphatic carbocycles. The van der Waals surface area contributed by atoms with Gasteiger partial charge >= 0.3 is 5.76 Å². The number of nitrogens with one attached hydrogen (secondary N) is 1. The molecule has 6 heteroatoms. The van der Waals surface area contributed by atoms with Crippen molar-refractivity contribution in [1.82, 2.24) is 9.88 Å². The number of aromatic amines is 1. The first-order valence-corrected chi connectivity index (χ1v) is 10.1. The lowest BCUT2D eigenvalue weighted by Gasteiger charge is -2.32. The molecule has 1 fully saturated rings. The van der Waals surface area contributed by atoms with Crippen molar-refractivity contribution in [3.8, 4) is 0 Å². The zero-order valence-corrected chi connectivity index (χ0v) is 16.2. The van der Waals surface area contributed by atoms with Gasteiger partial charge in [0.2, 0.25) is 5.91 Å². The first-order chi connectivity index (χ1) is 14.1. The Morgan fingerprint density at radius 1 is 1.03 bits per heavy atom. The first-order valence-electron chi connectivity index (χ1n) is 10.1. The highest BCUT2D eigenvalue weighted by Gasteiger charge is 2.23. The van der Waals surface area contributed by atoms with Gasteiger partial charge in [-0.1, -0.05) is 30.3 Å². The Morgan fingerprint density at radius 2 is 1.79 bits per heavy atom. The van der Waals surface area contributed by atoms with E-state index in [0.717, 1.165) is 32.4 Å². The van der Waals surface area contributed by atoms with Crippen LogP contribution in [-0.4, -0.2) is 34.7 Å². The number of hydrogen-bond acceptors (Lipinski definition) is 4. The average Bonchev–Trinajstić information content (AvgIpc) is 3.12. The lowest BCUT2D eigenvalue weighted by Crippen LogP contribution is -2.39. The van der Waals surface area contributed by atoms with Crippen LogP contribution < -0.4 is 5.76 Å². The molecule has 0 atom stereocenters. The van der Waals surface area contributed by atoms with Gasteiger partial charge in [-0.05, 0) is 48.9 Å². The summed E-state index contributed by atoms with van der Waals surface area (Å²) in [5, 5.41) is 0. The van der Waals surface area contributed by atoms with E-state index < -0.39 is 5.76 Å². The number of likely N-dealkylation sites (tertiary alicyclic amines) is 1. The normalized spacial score (nSPS) is 15.0. The summed E-state index contributed by atoms with van der Waals surface area (Å²) in [6.07, 6.45) is 3.41. The molecule has 0 spiro atoms. The van der Waals surface area contributed by atoms with Gasteiger partial charge in [-0.15, -0.1) is 0 Å². The predicted octanol–water partition coefficient (Wildman–Crippen LogP) is 3.57. The van der Waals surface area contributed by atoms with Crippen molar-refractivity contribution < 1.29 is 14.0 Å². The van der Waals surface area contributed by atoms with Crippen molar-refractivity contribution in [2.75, 3.05) is 13.1 Å². The molecule has 0 unspecified atom stereocenters. The summed E-state index contributed by atoms with van der Waals surface area (Å²) in [4.78, 5) is 40.6. The first kappa shape index (κ1) is 19.2. The zero-order chi connectivity index (χ0) is 20.2. The molecular formula is C23H24N2O4. The van der Waals surface area contributed by atoms with E-state index in [0.29, 0.717) is 22.6 Å². The maximum atomic E-state index is 12.5. The monoisotopic (exact) mass is 392 g/mol. The highest BCUT2D eigenvalue weighted by molar-refractivity contribution is 6.00. The summed E-state index contributed by atoms with van der Waals surface area (Å²) in [5.74, 6) is -0.0323. The SMILES string of the molecule is O=C(CCC(=O)N1CCC(Cc2ccccc2)CC1)c1ccc2[nH]c(=O)oc2c1. The lowest BCUT2D eigenvalue weighted by molar-refractivity contribution is -0.132. The molecule has 1 saturated heterocycles. The number of nitrogens with zero attached hydrogens (tertiary/aromatic N) is 1. The maximum Gasteiger partial charge on any atom is 0.417 e. The Labute approximate surface area is 168 Å². The third-order valence-electron chi connectivity index (χ3n) is 5.64. The van der Waals surface area contributed by atoms with Crippen LogP contribution in [0.5, 0.6) is 0 Å². The number of fused-ring (bicyclic) bond motifs is 1. The number of ketones is 1. The standard InChI is InChI=1S/C23H24N2O4/c26-20(18-6-7-19-21(15-18)29-23(28)24-19)8-9-22(27)25-12-10-17(11-13-25)14-16-4-2-1-3-5-16/h1-7,15,17H,8-14H2,(H,24,28). The molecular weight excluding hydrogens is 368 g/mol. The van der Waals surface area contributed by atoms with E-state index in [1.54, 1.807) is 18.2 Å². The number of hydrogen-bond donors (Lipinski definition) is 1. The van der Waals surface area contributed by atoms with E-state index in [9.17, 15) is 14.4 Å². The van der Waals surface area contributed by atoms with Crippen LogP contribution in [0.25, 0.3) is 11.1 Å². The third-order valence-corrected chi connectivity index (χ3v) is 5.64. The van der Waals surface area contributed by atoms with Gasteiger partial charge in [0.05, 0.1) is 5.52 Å². The molecule has 0 saturated carbocycles. The number of carbonyl (C=O) groups excluding carboxylic acids is 2. The van der Waals surface area contributed by atoms with Gasteiger partial charge < -0.3 is 9.32 Å². The Kier molecular flexibility index (Phi) is 5.60. The topological polar surface area (TPSA) is 83.4 Å². The fourth-order valence-corrected chi connectivity index (χ4v) is 3.98. The molecule has 1 amide bonds. The van der Waals surface area contributed by atoms with E-state index in [1.165, 1.54) is 5.56 Å². The van der Waals surface area contributed by atoms with Gasteiger partial charge in [0.25, 0.3) is 0 Å². The number of aromatic nitrogens is 1. The number of oxazole rings is 1. The van der Waals surface area contributed by atoms with Crippen LogP contribution in [0.3, 0.4) is 0 Å². The number of rotatable bonds is 6. The Bertz CT molecular complexity index is 1060. The second-order valence-electron chi connectivity index (χ2n) is 7.66. The highest BCUT2D eigenvalue weighted by Crippen LogP contribution is 2.22. The number of carbonyl (C=O) groups is 2. The van der Waals surface area contributed by atoms with Crippen LogP contribution in [0.2, 0.25) is 0 Å². The van der Waals surface area contributed by atoms with Crippen LogP contribution in [0.4, 0.5) is 0 Å². The van der Waals surface area contributed by atoms with E-state index in [-0.39, 0.29) is 24.5 Å². The van der Waals surface area contributed by atoms with E-state index in [2.05, 4.69) is 29.2 Å². The minimum atomic E-state index is -0.546. The fourth-order valence-electron chi connectivity index (χ4n) is 3.98. The van der Waals surface area contributed by atoms with Crippen molar-refractivity contribution in [3.05, 3.63) is 70.2 Å². The summed E-state index contributed by atoms with van der Waals surface area (Å²) in [6.45, 7) is 1.51. The van der Waals surface area contributed by atoms with Crippen molar-refractivity contribution in [3.63, 3.8) is 0 Å².